The first-order valence-electron chi connectivity index (χ1n) is 8.16. The maximum atomic E-state index is 12.2. The summed E-state index contributed by atoms with van der Waals surface area (Å²) in [5.74, 6) is 0.721. The molecule has 0 aliphatic rings. The lowest BCUT2D eigenvalue weighted by Crippen LogP contribution is -2.34. The first kappa shape index (κ1) is 20.4. The predicted molar refractivity (Wildman–Crippen MR) is 108 cm³/mol. The molecule has 0 saturated heterocycles. The van der Waals surface area contributed by atoms with E-state index >= 15 is 0 Å². The highest BCUT2D eigenvalue weighted by molar-refractivity contribution is 6.40. The van der Waals surface area contributed by atoms with Crippen molar-refractivity contribution in [2.45, 2.75) is 0 Å². The van der Waals surface area contributed by atoms with E-state index in [-0.39, 0.29) is 27.3 Å². The zero-order valence-electron chi connectivity index (χ0n) is 15.0. The molecule has 0 radical (unpaired) electrons. The molecular weight excluding hydrogens is 419 g/mol. The van der Waals surface area contributed by atoms with Gasteiger partial charge in [0, 0.05) is 6.07 Å². The number of benzene rings is 2. The van der Waals surface area contributed by atoms with Crippen LogP contribution in [0.4, 0.5) is 10.6 Å². The molecule has 0 saturated carbocycles. The van der Waals surface area contributed by atoms with Crippen molar-refractivity contribution in [3.05, 3.63) is 70.5 Å². The number of carbonyl (C=O) groups excluding carboxylic acids is 2. The average Bonchev–Trinajstić information content (AvgIpc) is 2.69. The van der Waals surface area contributed by atoms with Crippen LogP contribution in [0, 0.1) is 0 Å². The normalized spacial score (nSPS) is 10.2. The van der Waals surface area contributed by atoms with E-state index in [2.05, 4.69) is 20.6 Å². The monoisotopic (exact) mass is 432 g/mol. The maximum Gasteiger partial charge on any atom is 0.327 e. The Morgan fingerprint density at radius 1 is 0.966 bits per heavy atom. The van der Waals surface area contributed by atoms with Gasteiger partial charge in [-0.05, 0) is 24.3 Å². The molecule has 0 bridgehead atoms. The molecule has 1 heterocycles. The van der Waals surface area contributed by atoms with Crippen molar-refractivity contribution in [2.75, 3.05) is 12.4 Å². The molecule has 0 unspecified atom stereocenters. The van der Waals surface area contributed by atoms with Crippen LogP contribution in [0.1, 0.15) is 10.4 Å². The van der Waals surface area contributed by atoms with Crippen molar-refractivity contribution in [1.29, 1.82) is 0 Å². The number of urea groups is 1. The van der Waals surface area contributed by atoms with E-state index in [0.29, 0.717) is 11.5 Å². The molecule has 29 heavy (non-hydrogen) atoms. The molecule has 2 N–H and O–H groups in total. The Bertz CT molecular complexity index is 1020. The standard InChI is InChI=1S/C19H14Cl2N4O4/c1-28-11-4-2-5-12(8-11)29-16-10-22-15(9-23-16)24-19(27)25-18(26)17-13(20)6-3-7-14(17)21/h2-10H,1H3,(H2,22,24,25,26,27). The summed E-state index contributed by atoms with van der Waals surface area (Å²) in [6.45, 7) is 0. The minimum absolute atomic E-state index is 0.000829. The molecule has 0 atom stereocenters. The van der Waals surface area contributed by atoms with Crippen LogP contribution >= 0.6 is 23.2 Å². The van der Waals surface area contributed by atoms with Crippen molar-refractivity contribution < 1.29 is 19.1 Å². The number of amides is 3. The number of methoxy groups -OCH3 is 1. The molecule has 3 rings (SSSR count). The van der Waals surface area contributed by atoms with Crippen molar-refractivity contribution in [2.24, 2.45) is 0 Å². The van der Waals surface area contributed by atoms with Crippen LogP contribution in [0.3, 0.4) is 0 Å². The summed E-state index contributed by atoms with van der Waals surface area (Å²) in [5.41, 5.74) is -0.000829. The predicted octanol–water partition coefficient (Wildman–Crippen LogP) is 4.55. The second-order valence-corrected chi connectivity index (χ2v) is 6.34. The molecule has 8 nitrogen and oxygen atoms in total. The topological polar surface area (TPSA) is 102 Å². The summed E-state index contributed by atoms with van der Waals surface area (Å²) in [4.78, 5) is 32.3. The third-order valence-corrected chi connectivity index (χ3v) is 4.18. The number of hydrogen-bond donors (Lipinski definition) is 2. The van der Waals surface area contributed by atoms with Gasteiger partial charge in [0.05, 0.1) is 35.1 Å². The number of carbonyl (C=O) groups is 2. The number of imide groups is 1. The number of rotatable bonds is 5. The van der Waals surface area contributed by atoms with Gasteiger partial charge in [-0.3, -0.25) is 15.4 Å². The van der Waals surface area contributed by atoms with E-state index in [4.69, 9.17) is 32.7 Å². The zero-order valence-corrected chi connectivity index (χ0v) is 16.5. The van der Waals surface area contributed by atoms with Crippen LogP contribution in [0.5, 0.6) is 17.4 Å². The molecule has 10 heteroatoms. The summed E-state index contributed by atoms with van der Waals surface area (Å²) in [5, 5.41) is 4.76. The van der Waals surface area contributed by atoms with E-state index in [1.165, 1.54) is 24.5 Å². The van der Waals surface area contributed by atoms with E-state index < -0.39 is 11.9 Å². The Balaban J connectivity index is 1.60. The molecule has 0 fully saturated rings. The molecule has 0 aliphatic carbocycles. The number of ether oxygens (including phenoxy) is 2. The summed E-state index contributed by atoms with van der Waals surface area (Å²) in [6, 6.07) is 10.7. The van der Waals surface area contributed by atoms with Gasteiger partial charge in [-0.25, -0.2) is 14.8 Å². The highest BCUT2D eigenvalue weighted by Crippen LogP contribution is 2.25. The quantitative estimate of drug-likeness (QED) is 0.612. The van der Waals surface area contributed by atoms with Crippen molar-refractivity contribution in [1.82, 2.24) is 15.3 Å². The minimum atomic E-state index is -0.818. The Kier molecular flexibility index (Phi) is 6.48. The first-order chi connectivity index (χ1) is 14.0. The van der Waals surface area contributed by atoms with Gasteiger partial charge in [0.2, 0.25) is 5.88 Å². The molecule has 3 amide bonds. The maximum absolute atomic E-state index is 12.2. The number of nitrogens with one attached hydrogen (secondary N) is 2. The van der Waals surface area contributed by atoms with E-state index in [1.54, 1.807) is 37.4 Å². The van der Waals surface area contributed by atoms with Gasteiger partial charge in [0.25, 0.3) is 5.91 Å². The second-order valence-electron chi connectivity index (χ2n) is 5.53. The summed E-state index contributed by atoms with van der Waals surface area (Å²) in [7, 11) is 1.55. The number of anilines is 1. The van der Waals surface area contributed by atoms with Crippen LogP contribution in [0.15, 0.2) is 54.9 Å². The van der Waals surface area contributed by atoms with Crippen molar-refractivity contribution in [3.8, 4) is 17.4 Å². The molecule has 3 aromatic rings. The number of aromatic nitrogens is 2. The van der Waals surface area contributed by atoms with Gasteiger partial charge in [-0.2, -0.15) is 0 Å². The number of nitrogens with zero attached hydrogens (tertiary/aromatic N) is 2. The van der Waals surface area contributed by atoms with Gasteiger partial charge < -0.3 is 9.47 Å². The summed E-state index contributed by atoms with van der Waals surface area (Å²) < 4.78 is 10.7. The van der Waals surface area contributed by atoms with Gasteiger partial charge in [0.1, 0.15) is 11.5 Å². The lowest BCUT2D eigenvalue weighted by Gasteiger charge is -2.09. The fraction of sp³-hybridized carbons (Fsp3) is 0.0526. The van der Waals surface area contributed by atoms with Crippen molar-refractivity contribution in [3.63, 3.8) is 0 Å². The summed E-state index contributed by atoms with van der Waals surface area (Å²) in [6.07, 6.45) is 2.60. The zero-order chi connectivity index (χ0) is 20.8. The summed E-state index contributed by atoms with van der Waals surface area (Å²) >= 11 is 11.9. The van der Waals surface area contributed by atoms with Crippen LogP contribution < -0.4 is 20.1 Å². The fourth-order valence-electron chi connectivity index (χ4n) is 2.25. The van der Waals surface area contributed by atoms with Crippen LogP contribution in [0.2, 0.25) is 10.0 Å². The molecule has 0 aliphatic heterocycles. The second kappa shape index (κ2) is 9.22. The lowest BCUT2D eigenvalue weighted by molar-refractivity contribution is 0.0967. The first-order valence-corrected chi connectivity index (χ1v) is 8.92. The molecule has 0 spiro atoms. The Labute approximate surface area is 175 Å². The van der Waals surface area contributed by atoms with Gasteiger partial charge in [0.15, 0.2) is 5.82 Å². The lowest BCUT2D eigenvalue weighted by atomic mass is 10.2. The van der Waals surface area contributed by atoms with Gasteiger partial charge in [-0.15, -0.1) is 0 Å². The van der Waals surface area contributed by atoms with Crippen molar-refractivity contribution >= 4 is 41.0 Å². The van der Waals surface area contributed by atoms with E-state index in [0.717, 1.165) is 0 Å². The van der Waals surface area contributed by atoms with Crippen LogP contribution in [0.25, 0.3) is 0 Å². The molecule has 1 aromatic heterocycles. The Morgan fingerprint density at radius 3 is 2.31 bits per heavy atom. The van der Waals surface area contributed by atoms with Crippen LogP contribution in [-0.4, -0.2) is 29.0 Å². The third kappa shape index (κ3) is 5.34. The number of halogens is 2. The highest BCUT2D eigenvalue weighted by Gasteiger charge is 2.17. The smallest absolute Gasteiger partial charge is 0.327 e. The van der Waals surface area contributed by atoms with Gasteiger partial charge >= 0.3 is 6.03 Å². The van der Waals surface area contributed by atoms with Gasteiger partial charge in [-0.1, -0.05) is 35.3 Å². The average molecular weight is 433 g/mol. The van der Waals surface area contributed by atoms with E-state index in [9.17, 15) is 9.59 Å². The number of hydrogen-bond acceptors (Lipinski definition) is 6. The molecule has 148 valence electrons. The SMILES string of the molecule is COc1cccc(Oc2cnc(NC(=O)NC(=O)c3c(Cl)cccc3Cl)cn2)c1. The van der Waals surface area contributed by atoms with Crippen LogP contribution in [-0.2, 0) is 0 Å². The third-order valence-electron chi connectivity index (χ3n) is 3.55. The Morgan fingerprint density at radius 2 is 1.66 bits per heavy atom. The van der Waals surface area contributed by atoms with E-state index in [1.807, 2.05) is 0 Å². The highest BCUT2D eigenvalue weighted by atomic mass is 35.5. The fourth-order valence-corrected chi connectivity index (χ4v) is 2.82. The Hall–Kier alpha value is -3.36. The largest absolute Gasteiger partial charge is 0.497 e. The molecular formula is C19H14Cl2N4O4. The minimum Gasteiger partial charge on any atom is -0.497 e. The molecule has 2 aromatic carbocycles.